The molecule has 0 aliphatic rings. The molecule has 0 aliphatic heterocycles. The van der Waals surface area contributed by atoms with Gasteiger partial charge in [-0.05, 0) is 24.3 Å². The molecule has 0 unspecified atom stereocenters. The second-order valence-corrected chi connectivity index (χ2v) is 6.37. The van der Waals surface area contributed by atoms with Crippen LogP contribution >= 0.6 is 22.9 Å². The van der Waals surface area contributed by atoms with Crippen LogP contribution in [0, 0.1) is 0 Å². The van der Waals surface area contributed by atoms with E-state index < -0.39 is 12.5 Å². The van der Waals surface area contributed by atoms with Gasteiger partial charge in [0.05, 0.1) is 17.5 Å². The summed E-state index contributed by atoms with van der Waals surface area (Å²) in [5.74, 6) is 0.0875. The molecule has 0 spiro atoms. The zero-order valence-electron chi connectivity index (χ0n) is 12.9. The van der Waals surface area contributed by atoms with E-state index in [9.17, 15) is 13.6 Å². The summed E-state index contributed by atoms with van der Waals surface area (Å²) in [5.41, 5.74) is 0.530. The van der Waals surface area contributed by atoms with Gasteiger partial charge in [0.25, 0.3) is 5.91 Å². The maximum absolute atomic E-state index is 12.6. The second-order valence-electron chi connectivity index (χ2n) is 4.94. The summed E-state index contributed by atoms with van der Waals surface area (Å²) < 4.78 is 35.3. The van der Waals surface area contributed by atoms with Crippen LogP contribution in [0.3, 0.4) is 0 Å². The average Bonchev–Trinajstić information content (AvgIpc) is 2.92. The van der Waals surface area contributed by atoms with Gasteiger partial charge in [0.15, 0.2) is 0 Å². The Kier molecular flexibility index (Phi) is 5.06. The van der Waals surface area contributed by atoms with Crippen molar-refractivity contribution in [1.29, 1.82) is 0 Å². The Labute approximate surface area is 150 Å². The number of methoxy groups -OCH3 is 1. The third-order valence-electron chi connectivity index (χ3n) is 3.37. The third kappa shape index (κ3) is 3.67. The van der Waals surface area contributed by atoms with E-state index in [4.69, 9.17) is 16.3 Å². The maximum Gasteiger partial charge on any atom is 0.387 e. The van der Waals surface area contributed by atoms with Crippen molar-refractivity contribution in [3.05, 3.63) is 52.4 Å². The molecule has 1 aromatic heterocycles. The molecular weight excluding hydrogens is 372 g/mol. The molecule has 0 radical (unpaired) electrons. The van der Waals surface area contributed by atoms with Gasteiger partial charge in [-0.3, -0.25) is 4.79 Å². The molecule has 0 saturated heterocycles. The molecular formula is C17H12ClF2NO3S. The number of thiophene rings is 1. The molecule has 1 N–H and O–H groups in total. The van der Waals surface area contributed by atoms with Crippen molar-refractivity contribution in [2.75, 3.05) is 12.4 Å². The van der Waals surface area contributed by atoms with Crippen LogP contribution in [0.25, 0.3) is 10.1 Å². The summed E-state index contributed by atoms with van der Waals surface area (Å²) in [7, 11) is 1.52. The van der Waals surface area contributed by atoms with E-state index >= 15 is 0 Å². The number of carbonyl (C=O) groups is 1. The summed E-state index contributed by atoms with van der Waals surface area (Å²) in [6.07, 6.45) is 0. The van der Waals surface area contributed by atoms with E-state index in [0.717, 1.165) is 11.3 Å². The van der Waals surface area contributed by atoms with Crippen LogP contribution in [0.4, 0.5) is 14.5 Å². The van der Waals surface area contributed by atoms with E-state index in [1.54, 1.807) is 36.4 Å². The Bertz CT molecular complexity index is 929. The Balaban J connectivity index is 1.95. The highest BCUT2D eigenvalue weighted by atomic mass is 35.5. The fraction of sp³-hybridized carbons (Fsp3) is 0.118. The molecule has 130 valence electrons. The fourth-order valence-electron chi connectivity index (χ4n) is 2.31. The summed E-state index contributed by atoms with van der Waals surface area (Å²) in [6.45, 7) is -2.98. The largest absolute Gasteiger partial charge is 0.497 e. The molecule has 1 amide bonds. The van der Waals surface area contributed by atoms with Crippen molar-refractivity contribution >= 4 is 44.6 Å². The lowest BCUT2D eigenvalue weighted by molar-refractivity contribution is -0.0487. The minimum absolute atomic E-state index is 0.0609. The molecule has 0 aliphatic carbocycles. The number of benzene rings is 2. The van der Waals surface area contributed by atoms with Crippen LogP contribution in [-0.4, -0.2) is 19.6 Å². The lowest BCUT2D eigenvalue weighted by atomic mass is 10.2. The lowest BCUT2D eigenvalue weighted by Crippen LogP contribution is -2.10. The minimum atomic E-state index is -2.98. The predicted molar refractivity (Wildman–Crippen MR) is 94.4 cm³/mol. The van der Waals surface area contributed by atoms with Crippen molar-refractivity contribution in [3.63, 3.8) is 0 Å². The van der Waals surface area contributed by atoms with Gasteiger partial charge in [-0.25, -0.2) is 0 Å². The van der Waals surface area contributed by atoms with Crippen LogP contribution in [-0.2, 0) is 0 Å². The molecule has 4 nitrogen and oxygen atoms in total. The van der Waals surface area contributed by atoms with Gasteiger partial charge in [0.1, 0.15) is 16.4 Å². The number of hydrogen-bond donors (Lipinski definition) is 1. The normalized spacial score (nSPS) is 10.9. The molecule has 8 heteroatoms. The SMILES string of the molecule is COc1cccc(NC(=O)c2sc3cccc(OC(F)F)c3c2Cl)c1. The van der Waals surface area contributed by atoms with E-state index in [0.29, 0.717) is 21.5 Å². The number of alkyl halides is 2. The van der Waals surface area contributed by atoms with Crippen LogP contribution in [0.15, 0.2) is 42.5 Å². The van der Waals surface area contributed by atoms with Gasteiger partial charge in [-0.15, -0.1) is 11.3 Å². The quantitative estimate of drug-likeness (QED) is 0.640. The first-order valence-electron chi connectivity index (χ1n) is 7.11. The zero-order valence-corrected chi connectivity index (χ0v) is 14.5. The van der Waals surface area contributed by atoms with Crippen molar-refractivity contribution in [1.82, 2.24) is 0 Å². The number of halogens is 3. The zero-order chi connectivity index (χ0) is 18.0. The van der Waals surface area contributed by atoms with Gasteiger partial charge in [0.2, 0.25) is 0 Å². The van der Waals surface area contributed by atoms with Crippen molar-refractivity contribution in [3.8, 4) is 11.5 Å². The second kappa shape index (κ2) is 7.25. The number of rotatable bonds is 5. The van der Waals surface area contributed by atoms with Gasteiger partial charge in [-0.2, -0.15) is 8.78 Å². The highest BCUT2D eigenvalue weighted by molar-refractivity contribution is 7.21. The molecule has 1 heterocycles. The Morgan fingerprint density at radius 2 is 2.00 bits per heavy atom. The Morgan fingerprint density at radius 3 is 2.72 bits per heavy atom. The minimum Gasteiger partial charge on any atom is -0.497 e. The standard InChI is InChI=1S/C17H12ClF2NO3S/c1-23-10-5-2-4-9(8-10)21-16(22)15-14(18)13-11(24-17(19)20)6-3-7-12(13)25-15/h2-8,17H,1H3,(H,21,22). The maximum atomic E-state index is 12.6. The third-order valence-corrected chi connectivity index (χ3v) is 5.01. The number of carbonyl (C=O) groups excluding carboxylic acids is 1. The van der Waals surface area contributed by atoms with Crippen LogP contribution in [0.2, 0.25) is 5.02 Å². The highest BCUT2D eigenvalue weighted by Gasteiger charge is 2.21. The first-order chi connectivity index (χ1) is 12.0. The number of amides is 1. The van der Waals surface area contributed by atoms with Gasteiger partial charge in [-0.1, -0.05) is 23.7 Å². The number of fused-ring (bicyclic) bond motifs is 1. The van der Waals surface area contributed by atoms with E-state index in [1.165, 1.54) is 13.2 Å². The van der Waals surface area contributed by atoms with Gasteiger partial charge in [0, 0.05) is 16.5 Å². The predicted octanol–water partition coefficient (Wildman–Crippen LogP) is 5.42. The van der Waals surface area contributed by atoms with E-state index in [2.05, 4.69) is 10.1 Å². The summed E-state index contributed by atoms with van der Waals surface area (Å²) >= 11 is 7.37. The molecule has 25 heavy (non-hydrogen) atoms. The van der Waals surface area contributed by atoms with Crippen molar-refractivity contribution < 1.29 is 23.0 Å². The molecule has 0 saturated carbocycles. The number of hydrogen-bond acceptors (Lipinski definition) is 4. The molecule has 0 fully saturated rings. The summed E-state index contributed by atoms with van der Waals surface area (Å²) in [4.78, 5) is 12.7. The molecule has 3 aromatic rings. The molecule has 0 atom stereocenters. The van der Waals surface area contributed by atoms with Crippen LogP contribution < -0.4 is 14.8 Å². The summed E-state index contributed by atoms with van der Waals surface area (Å²) in [6, 6.07) is 11.5. The van der Waals surface area contributed by atoms with Crippen LogP contribution in [0.5, 0.6) is 11.5 Å². The van der Waals surface area contributed by atoms with Crippen molar-refractivity contribution in [2.45, 2.75) is 6.61 Å². The highest BCUT2D eigenvalue weighted by Crippen LogP contribution is 2.41. The first kappa shape index (κ1) is 17.4. The van der Waals surface area contributed by atoms with Crippen molar-refractivity contribution in [2.24, 2.45) is 0 Å². The fourth-order valence-corrected chi connectivity index (χ4v) is 3.77. The number of anilines is 1. The Hall–Kier alpha value is -2.38. The van der Waals surface area contributed by atoms with Crippen LogP contribution in [0.1, 0.15) is 9.67 Å². The van der Waals surface area contributed by atoms with E-state index in [1.807, 2.05) is 0 Å². The van der Waals surface area contributed by atoms with Gasteiger partial charge >= 0.3 is 6.61 Å². The summed E-state index contributed by atoms with van der Waals surface area (Å²) in [5, 5.41) is 3.09. The molecule has 3 rings (SSSR count). The van der Waals surface area contributed by atoms with E-state index in [-0.39, 0.29) is 15.6 Å². The molecule has 2 aromatic carbocycles. The first-order valence-corrected chi connectivity index (χ1v) is 8.30. The number of nitrogens with one attached hydrogen (secondary N) is 1. The monoisotopic (exact) mass is 383 g/mol. The number of ether oxygens (including phenoxy) is 2. The average molecular weight is 384 g/mol. The topological polar surface area (TPSA) is 47.6 Å². The van der Waals surface area contributed by atoms with Gasteiger partial charge < -0.3 is 14.8 Å². The molecule has 0 bridgehead atoms. The lowest BCUT2D eigenvalue weighted by Gasteiger charge is -2.07. The smallest absolute Gasteiger partial charge is 0.387 e. The Morgan fingerprint density at radius 1 is 1.24 bits per heavy atom.